The van der Waals surface area contributed by atoms with Crippen LogP contribution in [0.4, 0.5) is 0 Å². The van der Waals surface area contributed by atoms with Gasteiger partial charge >= 0.3 is 0 Å². The fraction of sp³-hybridized carbons (Fsp3) is 0.545. The van der Waals surface area contributed by atoms with Crippen LogP contribution in [-0.4, -0.2) is 17.9 Å². The summed E-state index contributed by atoms with van der Waals surface area (Å²) in [6.07, 6.45) is 2.54. The summed E-state index contributed by atoms with van der Waals surface area (Å²) in [6, 6.07) is 3.78. The van der Waals surface area contributed by atoms with Gasteiger partial charge in [-0.3, -0.25) is 4.79 Å². The summed E-state index contributed by atoms with van der Waals surface area (Å²) in [5.41, 5.74) is -0.309. The number of halogens is 1. The molecule has 1 saturated heterocycles. The van der Waals surface area contributed by atoms with E-state index in [1.165, 1.54) is 11.3 Å². The number of carbonyl (C=O) groups excluding carboxylic acids is 1. The van der Waals surface area contributed by atoms with Crippen LogP contribution in [0.2, 0.25) is 4.34 Å². The van der Waals surface area contributed by atoms with Crippen molar-refractivity contribution >= 4 is 28.7 Å². The Kier molecular flexibility index (Phi) is 3.14. The average molecular weight is 244 g/mol. The second-order valence-electron chi connectivity index (χ2n) is 4.17. The first-order valence-electron chi connectivity index (χ1n) is 5.13. The van der Waals surface area contributed by atoms with Gasteiger partial charge < -0.3 is 5.32 Å². The number of thiophene rings is 1. The lowest BCUT2D eigenvalue weighted by Gasteiger charge is -2.22. The van der Waals surface area contributed by atoms with Gasteiger partial charge in [0.1, 0.15) is 0 Å². The molecule has 1 aliphatic heterocycles. The van der Waals surface area contributed by atoms with Crippen LogP contribution in [0.15, 0.2) is 12.1 Å². The van der Waals surface area contributed by atoms with Gasteiger partial charge in [-0.25, -0.2) is 0 Å². The number of hydrogen-bond donors (Lipinski definition) is 1. The van der Waals surface area contributed by atoms with Crippen molar-refractivity contribution in [3.63, 3.8) is 0 Å². The molecule has 2 rings (SSSR count). The molecule has 1 fully saturated rings. The second kappa shape index (κ2) is 4.24. The van der Waals surface area contributed by atoms with Crippen LogP contribution < -0.4 is 5.32 Å². The van der Waals surface area contributed by atoms with Crippen LogP contribution >= 0.6 is 22.9 Å². The third kappa shape index (κ3) is 2.41. The van der Waals surface area contributed by atoms with Gasteiger partial charge in [0.25, 0.3) is 0 Å². The average Bonchev–Trinajstić information content (AvgIpc) is 2.76. The number of Topliss-reactive ketones (excluding diaryl/α,β-unsaturated/α-hetero) is 1. The van der Waals surface area contributed by atoms with E-state index in [0.29, 0.717) is 6.42 Å². The minimum atomic E-state index is -0.309. The summed E-state index contributed by atoms with van der Waals surface area (Å²) in [5.74, 6) is 0.276. The predicted molar refractivity (Wildman–Crippen MR) is 63.7 cm³/mol. The zero-order chi connectivity index (χ0) is 10.9. The first-order valence-corrected chi connectivity index (χ1v) is 6.32. The molecule has 0 aliphatic carbocycles. The summed E-state index contributed by atoms with van der Waals surface area (Å²) in [6.45, 7) is 2.95. The number of carbonyl (C=O) groups is 1. The highest BCUT2D eigenvalue weighted by atomic mass is 35.5. The molecule has 0 spiro atoms. The first-order chi connectivity index (χ1) is 7.10. The Hall–Kier alpha value is -0.380. The van der Waals surface area contributed by atoms with Gasteiger partial charge in [0, 0.05) is 11.3 Å². The lowest BCUT2D eigenvalue weighted by molar-refractivity contribution is -0.123. The highest BCUT2D eigenvalue weighted by molar-refractivity contribution is 7.16. The Labute approximate surface area is 98.6 Å². The molecule has 1 N–H and O–H groups in total. The van der Waals surface area contributed by atoms with E-state index in [1.54, 1.807) is 0 Å². The van der Waals surface area contributed by atoms with E-state index >= 15 is 0 Å². The molecule has 0 bridgehead atoms. The van der Waals surface area contributed by atoms with Gasteiger partial charge in [-0.2, -0.15) is 0 Å². The summed E-state index contributed by atoms with van der Waals surface area (Å²) in [7, 11) is 0. The molecule has 1 aromatic heterocycles. The van der Waals surface area contributed by atoms with E-state index in [2.05, 4.69) is 5.32 Å². The Morgan fingerprint density at radius 2 is 2.47 bits per heavy atom. The quantitative estimate of drug-likeness (QED) is 0.885. The Morgan fingerprint density at radius 1 is 1.67 bits per heavy atom. The molecule has 0 amide bonds. The summed E-state index contributed by atoms with van der Waals surface area (Å²) >= 11 is 7.32. The van der Waals surface area contributed by atoms with Crippen molar-refractivity contribution in [3.05, 3.63) is 21.3 Å². The number of rotatable bonds is 3. The SMILES string of the molecule is CC1(C(=O)Cc2ccc(Cl)s2)CCCN1. The van der Waals surface area contributed by atoms with Gasteiger partial charge in [-0.1, -0.05) is 11.6 Å². The van der Waals surface area contributed by atoms with Crippen LogP contribution in [0, 0.1) is 0 Å². The smallest absolute Gasteiger partial charge is 0.157 e. The zero-order valence-electron chi connectivity index (χ0n) is 8.68. The number of hydrogen-bond acceptors (Lipinski definition) is 3. The fourth-order valence-electron chi connectivity index (χ4n) is 1.93. The molecule has 2 heterocycles. The van der Waals surface area contributed by atoms with Crippen molar-refractivity contribution in [1.82, 2.24) is 5.32 Å². The highest BCUT2D eigenvalue weighted by Gasteiger charge is 2.35. The van der Waals surface area contributed by atoms with E-state index in [9.17, 15) is 4.79 Å². The van der Waals surface area contributed by atoms with Crippen LogP contribution in [0.5, 0.6) is 0 Å². The largest absolute Gasteiger partial charge is 0.305 e. The minimum Gasteiger partial charge on any atom is -0.305 e. The van der Waals surface area contributed by atoms with Gasteiger partial charge in [0.2, 0.25) is 0 Å². The van der Waals surface area contributed by atoms with Crippen molar-refractivity contribution in [2.75, 3.05) is 6.54 Å². The topological polar surface area (TPSA) is 29.1 Å². The zero-order valence-corrected chi connectivity index (χ0v) is 10.3. The highest BCUT2D eigenvalue weighted by Crippen LogP contribution is 2.26. The number of ketones is 1. The van der Waals surface area contributed by atoms with Crippen LogP contribution in [0.3, 0.4) is 0 Å². The minimum absolute atomic E-state index is 0.276. The molecule has 82 valence electrons. The van der Waals surface area contributed by atoms with Crippen molar-refractivity contribution < 1.29 is 4.79 Å². The van der Waals surface area contributed by atoms with E-state index < -0.39 is 0 Å². The Balaban J connectivity index is 2.03. The summed E-state index contributed by atoms with van der Waals surface area (Å²) < 4.78 is 0.752. The fourth-order valence-corrected chi connectivity index (χ4v) is 3.02. The first kappa shape index (κ1) is 11.1. The molecule has 4 heteroatoms. The lowest BCUT2D eigenvalue weighted by Crippen LogP contribution is -2.45. The van der Waals surface area contributed by atoms with Gasteiger partial charge in [-0.05, 0) is 38.4 Å². The van der Waals surface area contributed by atoms with Crippen molar-refractivity contribution in [3.8, 4) is 0 Å². The molecule has 1 aromatic rings. The van der Waals surface area contributed by atoms with Crippen LogP contribution in [0.1, 0.15) is 24.6 Å². The Bertz CT molecular complexity index is 368. The molecule has 15 heavy (non-hydrogen) atoms. The summed E-state index contributed by atoms with van der Waals surface area (Å²) in [4.78, 5) is 13.1. The van der Waals surface area contributed by atoms with E-state index in [4.69, 9.17) is 11.6 Å². The molecule has 2 nitrogen and oxygen atoms in total. The molecule has 0 saturated carbocycles. The lowest BCUT2D eigenvalue weighted by atomic mass is 9.92. The third-order valence-corrected chi connectivity index (χ3v) is 4.18. The van der Waals surface area contributed by atoms with Crippen LogP contribution in [0.25, 0.3) is 0 Å². The maximum absolute atomic E-state index is 12.0. The normalized spacial score (nSPS) is 25.7. The monoisotopic (exact) mass is 243 g/mol. The van der Waals surface area contributed by atoms with E-state index in [-0.39, 0.29) is 11.3 Å². The molecule has 1 aliphatic rings. The van der Waals surface area contributed by atoms with Gasteiger partial charge in [-0.15, -0.1) is 11.3 Å². The van der Waals surface area contributed by atoms with Crippen molar-refractivity contribution in [2.45, 2.75) is 31.7 Å². The van der Waals surface area contributed by atoms with Crippen molar-refractivity contribution in [2.24, 2.45) is 0 Å². The molecule has 0 aromatic carbocycles. The molecular weight excluding hydrogens is 230 g/mol. The maximum atomic E-state index is 12.0. The van der Waals surface area contributed by atoms with Crippen LogP contribution in [-0.2, 0) is 11.2 Å². The molecule has 1 unspecified atom stereocenters. The maximum Gasteiger partial charge on any atom is 0.157 e. The number of nitrogens with one attached hydrogen (secondary N) is 1. The predicted octanol–water partition coefficient (Wildman–Crippen LogP) is 2.66. The summed E-state index contributed by atoms with van der Waals surface area (Å²) in [5, 5.41) is 3.28. The molecular formula is C11H14ClNOS. The van der Waals surface area contributed by atoms with Gasteiger partial charge in [0.15, 0.2) is 5.78 Å². The second-order valence-corrected chi connectivity index (χ2v) is 5.97. The van der Waals surface area contributed by atoms with E-state index in [1.807, 2.05) is 19.1 Å². The van der Waals surface area contributed by atoms with Gasteiger partial charge in [0.05, 0.1) is 9.88 Å². The standard InChI is InChI=1S/C11H14ClNOS/c1-11(5-2-6-13-11)9(14)7-8-3-4-10(12)15-8/h3-4,13H,2,5-7H2,1H3. The molecule has 0 radical (unpaired) electrons. The Morgan fingerprint density at radius 3 is 3.00 bits per heavy atom. The van der Waals surface area contributed by atoms with E-state index in [0.717, 1.165) is 28.6 Å². The molecule has 1 atom stereocenters. The van der Waals surface area contributed by atoms with Crippen molar-refractivity contribution in [1.29, 1.82) is 0 Å². The third-order valence-electron chi connectivity index (χ3n) is 2.95.